The molecule has 0 bridgehead atoms. The summed E-state index contributed by atoms with van der Waals surface area (Å²) >= 11 is 0. The number of alkyl halides is 2. The van der Waals surface area contributed by atoms with Gasteiger partial charge in [0.25, 0.3) is 5.91 Å². The molecule has 0 fully saturated rings. The largest absolute Gasteiger partial charge is 0.404 e. The van der Waals surface area contributed by atoms with Gasteiger partial charge < -0.3 is 27.2 Å². The van der Waals surface area contributed by atoms with E-state index in [0.29, 0.717) is 29.3 Å². The number of hydrogen-bond acceptors (Lipinski definition) is 5. The molecule has 1 atom stereocenters. The molecule has 0 heterocycles. The Bertz CT molecular complexity index is 652. The van der Waals surface area contributed by atoms with Gasteiger partial charge in [0.05, 0.1) is 0 Å². The molecule has 1 unspecified atom stereocenters. The van der Waals surface area contributed by atoms with E-state index < -0.39 is 17.9 Å². The Balaban J connectivity index is 2.80. The van der Waals surface area contributed by atoms with Crippen molar-refractivity contribution in [1.29, 1.82) is 10.8 Å². The van der Waals surface area contributed by atoms with Crippen molar-refractivity contribution >= 4 is 29.6 Å². The van der Waals surface area contributed by atoms with E-state index in [1.54, 1.807) is 25.1 Å². The van der Waals surface area contributed by atoms with Gasteiger partial charge >= 0.3 is 5.92 Å². The smallest absolute Gasteiger partial charge is 0.321 e. The van der Waals surface area contributed by atoms with Gasteiger partial charge in [-0.25, -0.2) is 0 Å². The molecule has 0 spiro atoms. The highest BCUT2D eigenvalue weighted by Crippen LogP contribution is 2.20. The summed E-state index contributed by atoms with van der Waals surface area (Å²) in [5.74, 6) is -4.75. The van der Waals surface area contributed by atoms with Crippen LogP contribution in [0.5, 0.6) is 0 Å². The number of hydrogen-bond donors (Lipinski definition) is 5. The fraction of sp³-hybridized carbons (Fsp3) is 0.312. The first-order valence-electron chi connectivity index (χ1n) is 7.22. The van der Waals surface area contributed by atoms with Crippen LogP contribution in [0, 0.1) is 10.8 Å². The quantitative estimate of drug-likeness (QED) is 0.468. The van der Waals surface area contributed by atoms with Crippen LogP contribution >= 0.6 is 0 Å². The Morgan fingerprint density at radius 1 is 1.42 bits per heavy atom. The van der Waals surface area contributed by atoms with Crippen molar-refractivity contribution in [3.05, 3.63) is 35.5 Å². The first-order chi connectivity index (χ1) is 11.2. The number of amides is 1. The zero-order chi connectivity index (χ0) is 18.3. The molecule has 0 radical (unpaired) electrons. The fourth-order valence-corrected chi connectivity index (χ4v) is 1.91. The Hall–Kier alpha value is -2.77. The van der Waals surface area contributed by atoms with Gasteiger partial charge in [-0.1, -0.05) is 6.07 Å². The van der Waals surface area contributed by atoms with E-state index in [1.807, 2.05) is 0 Å². The zero-order valence-electron chi connectivity index (χ0n) is 13.5. The van der Waals surface area contributed by atoms with Crippen LogP contribution in [0.15, 0.2) is 24.4 Å². The van der Waals surface area contributed by atoms with E-state index in [0.717, 1.165) is 12.4 Å². The Morgan fingerprint density at radius 2 is 2.08 bits per heavy atom. The molecule has 0 saturated carbocycles. The van der Waals surface area contributed by atoms with Gasteiger partial charge in [0.15, 0.2) is 0 Å². The topological polar surface area (TPSA) is 115 Å². The van der Waals surface area contributed by atoms with Crippen molar-refractivity contribution in [2.24, 2.45) is 5.73 Å². The van der Waals surface area contributed by atoms with Crippen molar-refractivity contribution in [3.8, 4) is 0 Å². The molecule has 24 heavy (non-hydrogen) atoms. The third-order valence-electron chi connectivity index (χ3n) is 3.25. The van der Waals surface area contributed by atoms with Crippen LogP contribution in [0.4, 0.5) is 14.5 Å². The van der Waals surface area contributed by atoms with Crippen LogP contribution in [0.3, 0.4) is 0 Å². The van der Waals surface area contributed by atoms with Gasteiger partial charge in [0.2, 0.25) is 0 Å². The van der Waals surface area contributed by atoms with Crippen LogP contribution in [0.1, 0.15) is 25.0 Å². The minimum atomic E-state index is -3.42. The van der Waals surface area contributed by atoms with Gasteiger partial charge in [-0.3, -0.25) is 4.79 Å². The van der Waals surface area contributed by atoms with Crippen LogP contribution in [-0.2, 0) is 4.79 Å². The summed E-state index contributed by atoms with van der Waals surface area (Å²) in [6.45, 7) is 2.35. The maximum atomic E-state index is 12.8. The molecule has 0 saturated heterocycles. The predicted octanol–water partition coefficient (Wildman–Crippen LogP) is 2.21. The van der Waals surface area contributed by atoms with Gasteiger partial charge in [-0.15, -0.1) is 0 Å². The lowest BCUT2D eigenvalue weighted by molar-refractivity contribution is -0.143. The Labute approximate surface area is 139 Å². The molecule has 1 aromatic rings. The molecular weight excluding hydrogens is 316 g/mol. The third kappa shape index (κ3) is 5.15. The number of anilines is 1. The van der Waals surface area contributed by atoms with E-state index in [-0.39, 0.29) is 6.54 Å². The maximum absolute atomic E-state index is 12.8. The number of carbonyl (C=O) groups excluding carboxylic acids is 1. The first-order valence-corrected chi connectivity index (χ1v) is 7.22. The van der Waals surface area contributed by atoms with Gasteiger partial charge in [0, 0.05) is 55.0 Å². The van der Waals surface area contributed by atoms with E-state index in [1.165, 1.54) is 6.20 Å². The monoisotopic (exact) mass is 337 g/mol. The molecule has 6 N–H and O–H groups in total. The minimum Gasteiger partial charge on any atom is -0.404 e. The highest BCUT2D eigenvalue weighted by molar-refractivity contribution is 6.08. The molecule has 1 amide bonds. The summed E-state index contributed by atoms with van der Waals surface area (Å²) in [7, 11) is 0. The Kier molecular flexibility index (Phi) is 6.58. The normalized spacial score (nSPS) is 13.1. The van der Waals surface area contributed by atoms with E-state index in [9.17, 15) is 13.6 Å². The van der Waals surface area contributed by atoms with Crippen LogP contribution < -0.4 is 16.4 Å². The molecule has 0 aliphatic heterocycles. The van der Waals surface area contributed by atoms with Gasteiger partial charge in [-0.2, -0.15) is 8.78 Å². The van der Waals surface area contributed by atoms with Crippen LogP contribution in [-0.4, -0.2) is 36.8 Å². The summed E-state index contributed by atoms with van der Waals surface area (Å²) in [4.78, 5) is 11.2. The fourth-order valence-electron chi connectivity index (χ4n) is 1.91. The lowest BCUT2D eigenvalue weighted by Crippen LogP contribution is -2.45. The molecular formula is C16H21F2N5O. The molecule has 1 rings (SSSR count). The lowest BCUT2D eigenvalue weighted by atomic mass is 10.0. The van der Waals surface area contributed by atoms with Crippen molar-refractivity contribution in [2.75, 3.05) is 11.9 Å². The number of halogens is 2. The number of allylic oxidation sites excluding steroid dienone is 1. The molecule has 130 valence electrons. The lowest BCUT2D eigenvalue weighted by Gasteiger charge is -2.19. The van der Waals surface area contributed by atoms with Crippen molar-refractivity contribution in [2.45, 2.75) is 25.8 Å². The van der Waals surface area contributed by atoms with Gasteiger partial charge in [0.1, 0.15) is 0 Å². The van der Waals surface area contributed by atoms with E-state index in [2.05, 4.69) is 10.6 Å². The highest BCUT2D eigenvalue weighted by Gasteiger charge is 2.32. The zero-order valence-corrected chi connectivity index (χ0v) is 13.5. The average Bonchev–Trinajstić information content (AvgIpc) is 2.53. The first kappa shape index (κ1) is 19.3. The number of nitrogens with two attached hydrogens (primary N) is 1. The summed E-state index contributed by atoms with van der Waals surface area (Å²) in [6, 6.07) is 4.58. The van der Waals surface area contributed by atoms with Crippen molar-refractivity contribution in [1.82, 2.24) is 5.32 Å². The molecule has 0 aliphatic carbocycles. The SMILES string of the molecule is CC(CNc1ccc(/C(C=N)=C/N)cc1C=N)NC(=O)C(C)(F)F. The predicted molar refractivity (Wildman–Crippen MR) is 92.0 cm³/mol. The van der Waals surface area contributed by atoms with Crippen LogP contribution in [0.2, 0.25) is 0 Å². The number of rotatable bonds is 8. The standard InChI is InChI=1S/C16H21F2N5O/c1-10(23-15(24)16(2,17)18)9-22-14-4-3-11(5-12(14)6-19)13(7-20)8-21/h3-8,10,19-20,22H,9,21H2,1-2H3,(H,23,24)/b13-8+,19-6?,20-7?. The van der Waals surface area contributed by atoms with Crippen LogP contribution in [0.25, 0.3) is 5.57 Å². The second-order valence-corrected chi connectivity index (χ2v) is 5.36. The highest BCUT2D eigenvalue weighted by atomic mass is 19.3. The number of benzene rings is 1. The Morgan fingerprint density at radius 3 is 2.58 bits per heavy atom. The molecule has 0 aliphatic rings. The number of nitrogens with one attached hydrogen (secondary N) is 4. The number of carbonyl (C=O) groups is 1. The van der Waals surface area contributed by atoms with Crippen molar-refractivity contribution < 1.29 is 13.6 Å². The summed E-state index contributed by atoms with van der Waals surface area (Å²) < 4.78 is 25.7. The summed E-state index contributed by atoms with van der Waals surface area (Å²) in [6.07, 6.45) is 3.54. The molecule has 0 aromatic heterocycles. The summed E-state index contributed by atoms with van der Waals surface area (Å²) in [5.41, 5.74) is 7.79. The second-order valence-electron chi connectivity index (χ2n) is 5.36. The molecule has 6 nitrogen and oxygen atoms in total. The maximum Gasteiger partial charge on any atom is 0.321 e. The minimum absolute atomic E-state index is 0.214. The van der Waals surface area contributed by atoms with E-state index >= 15 is 0 Å². The summed E-state index contributed by atoms with van der Waals surface area (Å²) in [5, 5.41) is 20.0. The van der Waals surface area contributed by atoms with Gasteiger partial charge in [-0.05, 0) is 24.6 Å². The van der Waals surface area contributed by atoms with E-state index in [4.69, 9.17) is 16.6 Å². The second kappa shape index (κ2) is 8.19. The molecule has 1 aromatic carbocycles. The third-order valence-corrected chi connectivity index (χ3v) is 3.25. The molecule has 8 heteroatoms. The average molecular weight is 337 g/mol. The van der Waals surface area contributed by atoms with Crippen molar-refractivity contribution in [3.63, 3.8) is 0 Å².